The molecule has 0 radical (unpaired) electrons. The Bertz CT molecular complexity index is 1340. The van der Waals surface area contributed by atoms with Gasteiger partial charge in [0.2, 0.25) is 5.91 Å². The largest absolute Gasteiger partial charge is 0.416 e. The van der Waals surface area contributed by atoms with Crippen LogP contribution in [-0.4, -0.2) is 34.9 Å². The number of pyridine rings is 1. The maximum absolute atomic E-state index is 13.7. The lowest BCUT2D eigenvalue weighted by atomic mass is 9.98. The van der Waals surface area contributed by atoms with Crippen LogP contribution in [-0.2, 0) is 11.0 Å². The van der Waals surface area contributed by atoms with Gasteiger partial charge in [-0.3, -0.25) is 14.7 Å². The van der Waals surface area contributed by atoms with Gasteiger partial charge in [0, 0.05) is 53.5 Å². The molecular formula is C29H32F3N5O. The van der Waals surface area contributed by atoms with Crippen LogP contribution >= 0.6 is 0 Å². The van der Waals surface area contributed by atoms with Crippen molar-refractivity contribution >= 4 is 23.0 Å². The fraction of sp³-hybridized carbons (Fsp3) is 0.310. The van der Waals surface area contributed by atoms with Gasteiger partial charge in [-0.15, -0.1) is 0 Å². The van der Waals surface area contributed by atoms with E-state index in [1.165, 1.54) is 13.0 Å². The number of rotatable bonds is 5. The van der Waals surface area contributed by atoms with E-state index in [1.54, 1.807) is 43.2 Å². The Morgan fingerprint density at radius 2 is 2.00 bits per heavy atom. The quantitative estimate of drug-likeness (QED) is 0.375. The number of carbonyl (C=O) groups is 1. The normalized spacial score (nSPS) is 18.9. The lowest BCUT2D eigenvalue weighted by Gasteiger charge is -2.37. The first-order valence-corrected chi connectivity index (χ1v) is 12.4. The Morgan fingerprint density at radius 3 is 2.68 bits per heavy atom. The number of benzene rings is 1. The molecule has 0 saturated carbocycles. The van der Waals surface area contributed by atoms with E-state index in [0.717, 1.165) is 31.1 Å². The molecule has 2 aromatic rings. The van der Waals surface area contributed by atoms with Crippen LogP contribution in [0.4, 0.5) is 24.5 Å². The minimum absolute atomic E-state index is 0.0606. The fourth-order valence-electron chi connectivity index (χ4n) is 4.98. The first-order chi connectivity index (χ1) is 17.9. The van der Waals surface area contributed by atoms with Crippen molar-refractivity contribution in [3.63, 3.8) is 0 Å². The van der Waals surface area contributed by atoms with Crippen molar-refractivity contribution in [3.05, 3.63) is 95.8 Å². The van der Waals surface area contributed by atoms with Crippen molar-refractivity contribution in [2.45, 2.75) is 45.8 Å². The van der Waals surface area contributed by atoms with Gasteiger partial charge in [0.15, 0.2) is 0 Å². The highest BCUT2D eigenvalue weighted by Crippen LogP contribution is 2.42. The van der Waals surface area contributed by atoms with Gasteiger partial charge in [-0.1, -0.05) is 25.8 Å². The summed E-state index contributed by atoms with van der Waals surface area (Å²) in [5, 5.41) is 6.30. The third-order valence-electron chi connectivity index (χ3n) is 7.05. The molecule has 200 valence electrons. The maximum atomic E-state index is 13.7. The summed E-state index contributed by atoms with van der Waals surface area (Å²) >= 11 is 0. The number of hydrogen-bond acceptors (Lipinski definition) is 5. The Morgan fingerprint density at radius 1 is 1.26 bits per heavy atom. The number of hydrogen-bond donors (Lipinski definition) is 2. The molecular weight excluding hydrogens is 491 g/mol. The molecule has 3 heterocycles. The summed E-state index contributed by atoms with van der Waals surface area (Å²) in [7, 11) is 0. The van der Waals surface area contributed by atoms with Gasteiger partial charge in [0.25, 0.3) is 0 Å². The highest BCUT2D eigenvalue weighted by atomic mass is 19.4. The molecule has 2 aliphatic heterocycles. The van der Waals surface area contributed by atoms with Gasteiger partial charge in [-0.2, -0.15) is 13.2 Å². The van der Waals surface area contributed by atoms with Gasteiger partial charge in [0.05, 0.1) is 16.9 Å². The van der Waals surface area contributed by atoms with E-state index in [0.29, 0.717) is 46.3 Å². The lowest BCUT2D eigenvalue weighted by Crippen LogP contribution is -2.47. The Hall–Kier alpha value is -4.01. The third kappa shape index (κ3) is 5.18. The summed E-state index contributed by atoms with van der Waals surface area (Å²) in [6.07, 6.45) is 0.567. The van der Waals surface area contributed by atoms with Crippen LogP contribution in [0.25, 0.3) is 5.70 Å². The molecule has 1 amide bonds. The maximum Gasteiger partial charge on any atom is 0.416 e. The molecule has 1 fully saturated rings. The number of carbonyl (C=O) groups excluding carboxylic acids is 1. The fourth-order valence-corrected chi connectivity index (χ4v) is 4.98. The summed E-state index contributed by atoms with van der Waals surface area (Å²) in [5.41, 5.74) is 3.35. The third-order valence-corrected chi connectivity index (χ3v) is 7.05. The van der Waals surface area contributed by atoms with Crippen LogP contribution in [0.15, 0.2) is 73.4 Å². The number of alkyl halides is 3. The highest BCUT2D eigenvalue weighted by molar-refractivity contribution is 6.03. The van der Waals surface area contributed by atoms with Crippen molar-refractivity contribution in [3.8, 4) is 0 Å². The summed E-state index contributed by atoms with van der Waals surface area (Å²) in [6.45, 7) is 18.3. The molecule has 2 aliphatic rings. The van der Waals surface area contributed by atoms with Crippen LogP contribution in [0.5, 0.6) is 0 Å². The van der Waals surface area contributed by atoms with E-state index in [-0.39, 0.29) is 17.5 Å². The Labute approximate surface area is 221 Å². The molecule has 0 bridgehead atoms. The monoisotopic (exact) mass is 523 g/mol. The van der Waals surface area contributed by atoms with E-state index in [2.05, 4.69) is 40.3 Å². The van der Waals surface area contributed by atoms with E-state index in [4.69, 9.17) is 0 Å². The summed E-state index contributed by atoms with van der Waals surface area (Å²) in [5.74, 6) is 0.0852. The van der Waals surface area contributed by atoms with Crippen molar-refractivity contribution < 1.29 is 18.0 Å². The predicted molar refractivity (Wildman–Crippen MR) is 144 cm³/mol. The number of aromatic nitrogens is 1. The van der Waals surface area contributed by atoms with Crippen LogP contribution in [0.3, 0.4) is 0 Å². The number of fused-ring (bicyclic) bond motifs is 1. The second-order valence-electron chi connectivity index (χ2n) is 9.65. The number of amides is 1. The number of piperidine rings is 1. The van der Waals surface area contributed by atoms with E-state index >= 15 is 0 Å². The first kappa shape index (κ1) is 27.0. The molecule has 9 heteroatoms. The van der Waals surface area contributed by atoms with Crippen LogP contribution < -0.4 is 15.5 Å². The number of allylic oxidation sites excluding steroid dienone is 1. The van der Waals surface area contributed by atoms with Gasteiger partial charge in [-0.05, 0) is 63.5 Å². The molecule has 0 spiro atoms. The minimum atomic E-state index is -4.49. The molecule has 38 heavy (non-hydrogen) atoms. The molecule has 1 aromatic carbocycles. The van der Waals surface area contributed by atoms with E-state index < -0.39 is 11.7 Å². The van der Waals surface area contributed by atoms with Gasteiger partial charge in [-0.25, -0.2) is 0 Å². The molecule has 6 nitrogen and oxygen atoms in total. The number of anilines is 2. The summed E-state index contributed by atoms with van der Waals surface area (Å²) in [4.78, 5) is 21.5. The van der Waals surface area contributed by atoms with Crippen LogP contribution in [0.2, 0.25) is 0 Å². The Balaban J connectivity index is 1.70. The zero-order valence-electron chi connectivity index (χ0n) is 21.9. The van der Waals surface area contributed by atoms with E-state index in [9.17, 15) is 18.0 Å². The number of nitrogens with zero attached hydrogens (tertiary/aromatic N) is 3. The summed E-state index contributed by atoms with van der Waals surface area (Å²) in [6, 6.07) is 5.83. The second-order valence-corrected chi connectivity index (χ2v) is 9.65. The standard InChI is InChI=1S/C29H32F3N5O/c1-7-18(3)36-14-8-9-22(16-36)35-28(38)19(4)27-26-20(5)33-13-12-25(26)37(21(6)34-27)23-11-10-17(2)24(15-23)29(30,31)32/h7,10-13,15,22,34H,1,3,6,8-9,14,16H2,2,4-5H3,(H,35,38)/b27-19-/t22-/m1/s1. The topological polar surface area (TPSA) is 60.5 Å². The minimum Gasteiger partial charge on any atom is -0.370 e. The highest BCUT2D eigenvalue weighted by Gasteiger charge is 2.35. The second kappa shape index (κ2) is 10.4. The number of nitrogens with one attached hydrogen (secondary N) is 2. The number of likely N-dealkylation sites (tertiary alicyclic amines) is 1. The van der Waals surface area contributed by atoms with Crippen molar-refractivity contribution in [1.82, 2.24) is 20.5 Å². The molecule has 1 aromatic heterocycles. The number of halogens is 3. The smallest absolute Gasteiger partial charge is 0.370 e. The van der Waals surface area contributed by atoms with Crippen molar-refractivity contribution in [2.24, 2.45) is 0 Å². The average Bonchev–Trinajstić information content (AvgIpc) is 2.87. The average molecular weight is 524 g/mol. The Kier molecular flexibility index (Phi) is 7.40. The van der Waals surface area contributed by atoms with Gasteiger partial charge in [0.1, 0.15) is 5.82 Å². The zero-order valence-corrected chi connectivity index (χ0v) is 21.9. The predicted octanol–water partition coefficient (Wildman–Crippen LogP) is 5.94. The molecule has 4 rings (SSSR count). The molecule has 0 aliphatic carbocycles. The molecule has 1 saturated heterocycles. The summed E-state index contributed by atoms with van der Waals surface area (Å²) < 4.78 is 41.0. The molecule has 2 N–H and O–H groups in total. The zero-order chi connectivity index (χ0) is 27.8. The molecule has 0 unspecified atom stereocenters. The van der Waals surface area contributed by atoms with Crippen LogP contribution in [0.1, 0.15) is 42.1 Å². The van der Waals surface area contributed by atoms with Crippen molar-refractivity contribution in [2.75, 3.05) is 18.0 Å². The SMILES string of the molecule is C=CC(=C)N1CCC[C@@H](NC(=O)/C(C)=C2\NC(=C)N(c3ccc(C)c(C(F)(F)F)c3)c3ccnc(C)c32)C1. The van der Waals surface area contributed by atoms with Gasteiger partial charge < -0.3 is 15.5 Å². The van der Waals surface area contributed by atoms with Crippen LogP contribution in [0, 0.1) is 13.8 Å². The van der Waals surface area contributed by atoms with E-state index in [1.807, 2.05) is 0 Å². The first-order valence-electron chi connectivity index (χ1n) is 12.4. The molecule has 1 atom stereocenters. The van der Waals surface area contributed by atoms with Gasteiger partial charge >= 0.3 is 6.18 Å². The van der Waals surface area contributed by atoms with Crippen molar-refractivity contribution in [1.29, 1.82) is 0 Å². The lowest BCUT2D eigenvalue weighted by molar-refractivity contribution is -0.138. The number of aryl methyl sites for hydroxylation is 2.